The fourth-order valence-electron chi connectivity index (χ4n) is 3.44. The number of aliphatic hydroxyl groups is 1. The van der Waals surface area contributed by atoms with E-state index >= 15 is 0 Å². The van der Waals surface area contributed by atoms with Gasteiger partial charge in [0.25, 0.3) is 17.4 Å². The molecule has 0 bridgehead atoms. The van der Waals surface area contributed by atoms with Crippen LogP contribution in [0.3, 0.4) is 0 Å². The Bertz CT molecular complexity index is 1160. The van der Waals surface area contributed by atoms with Crippen LogP contribution in [0.25, 0.3) is 5.76 Å². The molecule has 1 aliphatic heterocycles. The van der Waals surface area contributed by atoms with Crippen LogP contribution >= 0.6 is 0 Å². The molecule has 1 saturated heterocycles. The van der Waals surface area contributed by atoms with Crippen molar-refractivity contribution in [3.63, 3.8) is 0 Å². The van der Waals surface area contributed by atoms with Crippen molar-refractivity contribution >= 4 is 28.8 Å². The first-order chi connectivity index (χ1) is 14.5. The summed E-state index contributed by atoms with van der Waals surface area (Å²) in [5.74, 6) is -1.98. The van der Waals surface area contributed by atoms with Crippen LogP contribution in [-0.4, -0.2) is 26.7 Å². The summed E-state index contributed by atoms with van der Waals surface area (Å²) < 4.78 is 0. The number of hydrogen-bond acceptors (Lipinski definition) is 6. The van der Waals surface area contributed by atoms with Gasteiger partial charge in [-0.1, -0.05) is 30.3 Å². The molecule has 0 spiro atoms. The molecule has 3 aromatic rings. The lowest BCUT2D eigenvalue weighted by molar-refractivity contribution is -0.384. The van der Waals surface area contributed by atoms with Crippen LogP contribution in [0.15, 0.2) is 84.7 Å². The quantitative estimate of drug-likeness (QED) is 0.235. The van der Waals surface area contributed by atoms with Crippen molar-refractivity contribution in [2.24, 2.45) is 0 Å². The summed E-state index contributed by atoms with van der Waals surface area (Å²) >= 11 is 0. The first kappa shape index (κ1) is 19.0. The number of carbonyl (C=O) groups is 2. The number of non-ortho nitro benzene ring substituents is 1. The van der Waals surface area contributed by atoms with E-state index in [9.17, 15) is 24.8 Å². The van der Waals surface area contributed by atoms with Crippen LogP contribution in [0.5, 0.6) is 0 Å². The van der Waals surface area contributed by atoms with Crippen LogP contribution in [0.2, 0.25) is 0 Å². The maximum atomic E-state index is 12.9. The van der Waals surface area contributed by atoms with Gasteiger partial charge in [0, 0.05) is 23.9 Å². The average molecular weight is 401 g/mol. The first-order valence-corrected chi connectivity index (χ1v) is 9.00. The molecule has 0 aliphatic carbocycles. The minimum atomic E-state index is -0.963. The van der Waals surface area contributed by atoms with E-state index in [-0.39, 0.29) is 17.0 Å². The summed E-state index contributed by atoms with van der Waals surface area (Å²) in [5.41, 5.74) is 0.980. The number of nitro benzene ring substituents is 1. The van der Waals surface area contributed by atoms with Crippen LogP contribution in [0.1, 0.15) is 17.2 Å². The van der Waals surface area contributed by atoms with E-state index < -0.39 is 22.7 Å². The second kappa shape index (κ2) is 7.59. The van der Waals surface area contributed by atoms with Crippen LogP contribution in [-0.2, 0) is 9.59 Å². The first-order valence-electron chi connectivity index (χ1n) is 9.00. The molecule has 0 radical (unpaired) electrons. The topological polar surface area (TPSA) is 114 Å². The smallest absolute Gasteiger partial charge is 0.300 e. The van der Waals surface area contributed by atoms with Gasteiger partial charge in [-0.2, -0.15) is 0 Å². The molecule has 0 saturated carbocycles. The van der Waals surface area contributed by atoms with Gasteiger partial charge in [0.05, 0.1) is 28.4 Å². The van der Waals surface area contributed by atoms with Crippen molar-refractivity contribution < 1.29 is 19.6 Å². The molecule has 30 heavy (non-hydrogen) atoms. The molecule has 1 fully saturated rings. The summed E-state index contributed by atoms with van der Waals surface area (Å²) in [5, 5.41) is 21.9. The number of Topliss-reactive ketones (excluding diaryl/α,β-unsaturated/α-hetero) is 1. The van der Waals surface area contributed by atoms with E-state index in [1.165, 1.54) is 41.6 Å². The van der Waals surface area contributed by atoms with E-state index in [0.717, 1.165) is 0 Å². The Balaban J connectivity index is 1.93. The molecule has 1 atom stereocenters. The number of anilines is 1. The molecule has 8 heteroatoms. The number of ketones is 1. The Morgan fingerprint density at radius 3 is 2.30 bits per heavy atom. The number of nitrogens with zero attached hydrogens (tertiary/aromatic N) is 3. The number of rotatable bonds is 4. The lowest BCUT2D eigenvalue weighted by Gasteiger charge is -2.25. The fourth-order valence-corrected chi connectivity index (χ4v) is 3.44. The van der Waals surface area contributed by atoms with E-state index in [1.54, 1.807) is 42.5 Å². The van der Waals surface area contributed by atoms with Crippen molar-refractivity contribution in [2.45, 2.75) is 6.04 Å². The zero-order valence-electron chi connectivity index (χ0n) is 15.5. The maximum absolute atomic E-state index is 12.9. The van der Waals surface area contributed by atoms with Gasteiger partial charge in [0.2, 0.25) is 0 Å². The van der Waals surface area contributed by atoms with Crippen LogP contribution in [0, 0.1) is 10.1 Å². The van der Waals surface area contributed by atoms with E-state index in [0.29, 0.717) is 16.8 Å². The number of pyridine rings is 1. The predicted molar refractivity (Wildman–Crippen MR) is 109 cm³/mol. The number of benzene rings is 2. The summed E-state index contributed by atoms with van der Waals surface area (Å²) in [6, 6.07) is 16.2. The SMILES string of the molecule is O=C1C(=O)N(c2cccnc2)C(c2ccc([N+](=O)[O-])cc2)/C1=C(\O)c1ccccc1. The lowest BCUT2D eigenvalue weighted by atomic mass is 9.95. The number of amides is 1. The van der Waals surface area contributed by atoms with Gasteiger partial charge in [0.15, 0.2) is 0 Å². The monoisotopic (exact) mass is 401 g/mol. The molecular formula is C22H15N3O5. The Morgan fingerprint density at radius 2 is 1.70 bits per heavy atom. The van der Waals surface area contributed by atoms with Crippen LogP contribution < -0.4 is 4.90 Å². The summed E-state index contributed by atoms with van der Waals surface area (Å²) in [7, 11) is 0. The molecule has 2 heterocycles. The number of aliphatic hydroxyl groups excluding tert-OH is 1. The van der Waals surface area contributed by atoms with E-state index in [2.05, 4.69) is 4.98 Å². The van der Waals surface area contributed by atoms with E-state index in [1.807, 2.05) is 0 Å². The molecular weight excluding hydrogens is 386 g/mol. The second-order valence-electron chi connectivity index (χ2n) is 6.59. The molecule has 1 N–H and O–H groups in total. The highest BCUT2D eigenvalue weighted by atomic mass is 16.6. The zero-order chi connectivity index (χ0) is 21.3. The van der Waals surface area contributed by atoms with Crippen molar-refractivity contribution in [1.82, 2.24) is 4.98 Å². The third kappa shape index (κ3) is 3.20. The Labute approximate surface area is 170 Å². The summed E-state index contributed by atoms with van der Waals surface area (Å²) in [4.78, 5) is 41.6. The van der Waals surface area contributed by atoms with Gasteiger partial charge in [-0.3, -0.25) is 29.6 Å². The molecule has 4 rings (SSSR count). The number of aromatic nitrogens is 1. The molecule has 1 aliphatic rings. The van der Waals surface area contributed by atoms with Gasteiger partial charge in [-0.25, -0.2) is 0 Å². The van der Waals surface area contributed by atoms with Crippen molar-refractivity contribution in [3.8, 4) is 0 Å². The van der Waals surface area contributed by atoms with Gasteiger partial charge in [-0.05, 0) is 29.8 Å². The molecule has 1 amide bonds. The number of hydrogen-bond donors (Lipinski definition) is 1. The zero-order valence-corrected chi connectivity index (χ0v) is 15.5. The van der Waals surface area contributed by atoms with Crippen molar-refractivity contribution in [2.75, 3.05) is 4.90 Å². The number of carbonyl (C=O) groups excluding carboxylic acids is 2. The molecule has 148 valence electrons. The molecule has 1 unspecified atom stereocenters. The molecule has 1 aromatic heterocycles. The third-order valence-electron chi connectivity index (χ3n) is 4.84. The highest BCUT2D eigenvalue weighted by Crippen LogP contribution is 2.42. The van der Waals surface area contributed by atoms with Gasteiger partial charge < -0.3 is 5.11 Å². The standard InChI is InChI=1S/C22H15N3O5/c26-20(15-5-2-1-3-6-15)18-19(14-8-10-16(11-9-14)25(29)30)24(22(28)21(18)27)17-7-4-12-23-13-17/h1-13,19,26H/b20-18+. The van der Waals surface area contributed by atoms with Crippen molar-refractivity contribution in [3.05, 3.63) is 106 Å². The highest BCUT2D eigenvalue weighted by molar-refractivity contribution is 6.51. The Morgan fingerprint density at radius 1 is 1.00 bits per heavy atom. The summed E-state index contributed by atoms with van der Waals surface area (Å²) in [6.45, 7) is 0. The summed E-state index contributed by atoms with van der Waals surface area (Å²) in [6.07, 6.45) is 2.97. The van der Waals surface area contributed by atoms with Crippen molar-refractivity contribution in [1.29, 1.82) is 0 Å². The Hall–Kier alpha value is -4.33. The third-order valence-corrected chi connectivity index (χ3v) is 4.84. The fraction of sp³-hybridized carbons (Fsp3) is 0.0455. The second-order valence-corrected chi connectivity index (χ2v) is 6.59. The van der Waals surface area contributed by atoms with Gasteiger partial charge >= 0.3 is 0 Å². The minimum Gasteiger partial charge on any atom is -0.507 e. The lowest BCUT2D eigenvalue weighted by Crippen LogP contribution is -2.29. The minimum absolute atomic E-state index is 0.0936. The average Bonchev–Trinajstić information content (AvgIpc) is 3.05. The molecule has 8 nitrogen and oxygen atoms in total. The molecule has 2 aromatic carbocycles. The van der Waals surface area contributed by atoms with Gasteiger partial charge in [0.1, 0.15) is 5.76 Å². The largest absolute Gasteiger partial charge is 0.507 e. The Kier molecular flexibility index (Phi) is 4.81. The highest BCUT2D eigenvalue weighted by Gasteiger charge is 2.47. The normalized spacial score (nSPS) is 17.9. The number of nitro groups is 1. The van der Waals surface area contributed by atoms with Gasteiger partial charge in [-0.15, -0.1) is 0 Å². The van der Waals surface area contributed by atoms with Crippen LogP contribution in [0.4, 0.5) is 11.4 Å². The maximum Gasteiger partial charge on any atom is 0.300 e. The predicted octanol–water partition coefficient (Wildman–Crippen LogP) is 3.62. The van der Waals surface area contributed by atoms with E-state index in [4.69, 9.17) is 0 Å².